The number of hydrogen-bond donors (Lipinski definition) is 5. The summed E-state index contributed by atoms with van der Waals surface area (Å²) in [6.07, 6.45) is -0.308. The first-order valence-corrected chi connectivity index (χ1v) is 9.18. The number of halogens is 1. The SMILES string of the molecule is NC(N)=Nc1cccc(C(=O)NCC(=O)NC(CC(=O)O)c2ccc(Cl)s2)c1.[HH].[HH]. The van der Waals surface area contributed by atoms with Crippen LogP contribution < -0.4 is 22.1 Å². The molecule has 2 aromatic rings. The van der Waals surface area contributed by atoms with Gasteiger partial charge in [-0.25, -0.2) is 4.99 Å². The van der Waals surface area contributed by atoms with Crippen molar-refractivity contribution in [3.05, 3.63) is 51.2 Å². The van der Waals surface area contributed by atoms with Crippen LogP contribution in [0.2, 0.25) is 4.34 Å². The summed E-state index contributed by atoms with van der Waals surface area (Å²) < 4.78 is 0.480. The highest BCUT2D eigenvalue weighted by molar-refractivity contribution is 7.16. The van der Waals surface area contributed by atoms with Crippen LogP contribution in [0.3, 0.4) is 0 Å². The third kappa shape index (κ3) is 6.56. The first kappa shape index (κ1) is 21.2. The van der Waals surface area contributed by atoms with Crippen LogP contribution in [0, 0.1) is 0 Å². The average Bonchev–Trinajstić information content (AvgIpc) is 3.05. The third-order valence-corrected chi connectivity index (χ3v) is 4.77. The van der Waals surface area contributed by atoms with Gasteiger partial charge in [-0.05, 0) is 30.3 Å². The largest absolute Gasteiger partial charge is 0.481 e. The van der Waals surface area contributed by atoms with Crippen LogP contribution in [0.4, 0.5) is 5.69 Å². The number of hydrogen-bond acceptors (Lipinski definition) is 5. The zero-order valence-corrected chi connectivity index (χ0v) is 16.1. The molecule has 11 heteroatoms. The number of nitrogens with one attached hydrogen (secondary N) is 2. The normalized spacial score (nSPS) is 11.3. The predicted octanol–water partition coefficient (Wildman–Crippen LogP) is 1.86. The molecule has 0 aliphatic rings. The number of carbonyl (C=O) groups is 3. The molecule has 0 fully saturated rings. The molecule has 0 spiro atoms. The summed E-state index contributed by atoms with van der Waals surface area (Å²) >= 11 is 7.04. The fraction of sp³-hybridized carbons (Fsp3) is 0.176. The smallest absolute Gasteiger partial charge is 0.305 e. The van der Waals surface area contributed by atoms with Gasteiger partial charge >= 0.3 is 5.97 Å². The van der Waals surface area contributed by atoms with E-state index in [0.717, 1.165) is 0 Å². The van der Waals surface area contributed by atoms with Crippen LogP contribution >= 0.6 is 22.9 Å². The van der Waals surface area contributed by atoms with E-state index in [1.54, 1.807) is 30.3 Å². The number of carboxylic acid groups (broad SMARTS) is 1. The summed E-state index contributed by atoms with van der Waals surface area (Å²) in [5, 5.41) is 14.1. The van der Waals surface area contributed by atoms with Gasteiger partial charge in [0.2, 0.25) is 5.91 Å². The third-order valence-electron chi connectivity index (χ3n) is 3.43. The number of carboxylic acids is 1. The van der Waals surface area contributed by atoms with E-state index in [1.165, 1.54) is 17.4 Å². The highest BCUT2D eigenvalue weighted by Crippen LogP contribution is 2.28. The van der Waals surface area contributed by atoms with E-state index in [4.69, 9.17) is 28.2 Å². The second kappa shape index (κ2) is 9.72. The summed E-state index contributed by atoms with van der Waals surface area (Å²) in [4.78, 5) is 39.9. The second-order valence-corrected chi connectivity index (χ2v) is 7.38. The van der Waals surface area contributed by atoms with Crippen LogP contribution in [0.25, 0.3) is 0 Å². The molecule has 0 radical (unpaired) electrons. The number of amides is 2. The molecule has 28 heavy (non-hydrogen) atoms. The number of benzene rings is 1. The fourth-order valence-electron chi connectivity index (χ4n) is 2.29. The molecule has 1 heterocycles. The molecule has 9 nitrogen and oxygen atoms in total. The molecule has 0 saturated heterocycles. The number of nitrogens with two attached hydrogens (primary N) is 2. The Hall–Kier alpha value is -3.11. The quantitative estimate of drug-likeness (QED) is 0.319. The van der Waals surface area contributed by atoms with Crippen LogP contribution in [0.15, 0.2) is 41.4 Å². The Balaban J connectivity index is 0.00000420. The Kier molecular flexibility index (Phi) is 7.36. The summed E-state index contributed by atoms with van der Waals surface area (Å²) in [5.74, 6) is -2.26. The lowest BCUT2D eigenvalue weighted by atomic mass is 10.1. The molecule has 0 bridgehead atoms. The monoisotopic (exact) mass is 427 g/mol. The van der Waals surface area contributed by atoms with Crippen LogP contribution in [0.1, 0.15) is 30.6 Å². The van der Waals surface area contributed by atoms with Gasteiger partial charge in [0.05, 0.1) is 29.0 Å². The van der Waals surface area contributed by atoms with Gasteiger partial charge in [-0.3, -0.25) is 14.4 Å². The van der Waals surface area contributed by atoms with Crippen molar-refractivity contribution in [2.24, 2.45) is 16.5 Å². The molecule has 2 amide bonds. The molecule has 1 unspecified atom stereocenters. The molecule has 7 N–H and O–H groups in total. The molecular formula is C17H22ClN5O4S. The van der Waals surface area contributed by atoms with E-state index in [0.29, 0.717) is 14.9 Å². The lowest BCUT2D eigenvalue weighted by Gasteiger charge is -2.16. The molecule has 2 rings (SSSR count). The van der Waals surface area contributed by atoms with E-state index in [9.17, 15) is 14.4 Å². The molecule has 0 aliphatic carbocycles. The molecule has 1 atom stereocenters. The van der Waals surface area contributed by atoms with Crippen molar-refractivity contribution >= 4 is 52.4 Å². The van der Waals surface area contributed by atoms with E-state index >= 15 is 0 Å². The van der Waals surface area contributed by atoms with Gasteiger partial charge in [0, 0.05) is 13.3 Å². The maximum absolute atomic E-state index is 12.2. The van der Waals surface area contributed by atoms with Gasteiger partial charge in [0.25, 0.3) is 5.91 Å². The Morgan fingerprint density at radius 2 is 2.00 bits per heavy atom. The average molecular weight is 428 g/mol. The molecule has 1 aromatic carbocycles. The lowest BCUT2D eigenvalue weighted by Crippen LogP contribution is -2.39. The molecule has 0 aliphatic heterocycles. The number of rotatable bonds is 8. The predicted molar refractivity (Wildman–Crippen MR) is 111 cm³/mol. The summed E-state index contributed by atoms with van der Waals surface area (Å²) in [7, 11) is 0. The van der Waals surface area contributed by atoms with E-state index in [2.05, 4.69) is 15.6 Å². The first-order valence-electron chi connectivity index (χ1n) is 7.99. The minimum absolute atomic E-state index is 0. The Bertz CT molecular complexity index is 921. The highest BCUT2D eigenvalue weighted by Gasteiger charge is 2.20. The van der Waals surface area contributed by atoms with Crippen molar-refractivity contribution < 1.29 is 22.3 Å². The Labute approximate surface area is 172 Å². The van der Waals surface area contributed by atoms with Gasteiger partial charge in [-0.1, -0.05) is 17.7 Å². The van der Waals surface area contributed by atoms with Crippen LogP contribution in [-0.4, -0.2) is 35.4 Å². The minimum Gasteiger partial charge on any atom is -0.481 e. The Morgan fingerprint density at radius 3 is 2.61 bits per heavy atom. The van der Waals surface area contributed by atoms with E-state index in [1.807, 2.05) is 0 Å². The van der Waals surface area contributed by atoms with Crippen molar-refractivity contribution in [2.45, 2.75) is 12.5 Å². The highest BCUT2D eigenvalue weighted by atomic mass is 35.5. The van der Waals surface area contributed by atoms with Crippen molar-refractivity contribution in [2.75, 3.05) is 6.54 Å². The summed E-state index contributed by atoms with van der Waals surface area (Å²) in [5.41, 5.74) is 11.3. The summed E-state index contributed by atoms with van der Waals surface area (Å²) in [6, 6.07) is 8.74. The lowest BCUT2D eigenvalue weighted by molar-refractivity contribution is -0.137. The van der Waals surface area contributed by atoms with Crippen LogP contribution in [0.5, 0.6) is 0 Å². The Morgan fingerprint density at radius 1 is 1.25 bits per heavy atom. The van der Waals surface area contributed by atoms with E-state index in [-0.39, 0.29) is 27.3 Å². The van der Waals surface area contributed by atoms with Gasteiger partial charge in [0.15, 0.2) is 5.96 Å². The number of nitrogens with zero attached hydrogens (tertiary/aromatic N) is 1. The molecule has 1 aromatic heterocycles. The first-order chi connectivity index (χ1) is 13.2. The fourth-order valence-corrected chi connectivity index (χ4v) is 3.40. The van der Waals surface area contributed by atoms with E-state index < -0.39 is 23.8 Å². The van der Waals surface area contributed by atoms with Gasteiger partial charge < -0.3 is 27.2 Å². The number of carbonyl (C=O) groups excluding carboxylic acids is 2. The van der Waals surface area contributed by atoms with Crippen molar-refractivity contribution in [3.8, 4) is 0 Å². The van der Waals surface area contributed by atoms with Crippen molar-refractivity contribution in [1.29, 1.82) is 0 Å². The summed E-state index contributed by atoms with van der Waals surface area (Å²) in [6.45, 7) is -0.333. The maximum atomic E-state index is 12.2. The van der Waals surface area contributed by atoms with Gasteiger partial charge in [-0.2, -0.15) is 0 Å². The van der Waals surface area contributed by atoms with Gasteiger partial charge in [0.1, 0.15) is 0 Å². The van der Waals surface area contributed by atoms with Crippen LogP contribution in [-0.2, 0) is 9.59 Å². The molecule has 0 saturated carbocycles. The van der Waals surface area contributed by atoms with Gasteiger partial charge in [-0.15, -0.1) is 11.3 Å². The second-order valence-electron chi connectivity index (χ2n) is 5.63. The minimum atomic E-state index is -1.07. The zero-order valence-electron chi connectivity index (χ0n) is 14.5. The number of guanidine groups is 1. The molecule has 152 valence electrons. The standard InChI is InChI=1S/C17H18ClN5O4S.2H2/c18-13-5-4-12(28-13)11(7-15(25)26)23-14(24)8-21-16(27)9-2-1-3-10(6-9)22-17(19)20;;/h1-6,11H,7-8H2,(H,21,27)(H,23,24)(H,25,26)(H4,19,20,22);2*1H. The number of thiophene rings is 1. The van der Waals surface area contributed by atoms with Crippen molar-refractivity contribution in [3.63, 3.8) is 0 Å². The topological polar surface area (TPSA) is 160 Å². The maximum Gasteiger partial charge on any atom is 0.305 e. The zero-order chi connectivity index (χ0) is 20.7. The molecular weight excluding hydrogens is 406 g/mol. The number of aliphatic carboxylic acids is 1. The number of aliphatic imine (C=N–C) groups is 1. The van der Waals surface area contributed by atoms with Crippen molar-refractivity contribution in [1.82, 2.24) is 10.6 Å².